The fourth-order valence-corrected chi connectivity index (χ4v) is 1.66. The lowest BCUT2D eigenvalue weighted by Crippen LogP contribution is -2.29. The van der Waals surface area contributed by atoms with Crippen LogP contribution in [0.3, 0.4) is 0 Å². The molecule has 0 heterocycles. The van der Waals surface area contributed by atoms with Crippen molar-refractivity contribution in [2.24, 2.45) is 5.73 Å². The van der Waals surface area contributed by atoms with Crippen LogP contribution in [0.2, 0.25) is 0 Å². The lowest BCUT2D eigenvalue weighted by Gasteiger charge is -2.03. The Morgan fingerprint density at radius 3 is 2.86 bits per heavy atom. The summed E-state index contributed by atoms with van der Waals surface area (Å²) in [7, 11) is 0. The van der Waals surface area contributed by atoms with Crippen molar-refractivity contribution in [3.05, 3.63) is 34.3 Å². The van der Waals surface area contributed by atoms with Gasteiger partial charge < -0.3 is 11.1 Å². The van der Waals surface area contributed by atoms with Crippen LogP contribution in [0.25, 0.3) is 0 Å². The zero-order valence-electron chi connectivity index (χ0n) is 7.53. The number of nitrogens with two attached hydrogens (primary N) is 1. The van der Waals surface area contributed by atoms with Gasteiger partial charge in [-0.15, -0.1) is 0 Å². The number of carbonyl (C=O) groups is 1. The smallest absolute Gasteiger partial charge is 0.251 e. The SMILES string of the molecule is NC1CC1NC(=O)c1cccc(Br)c1. The number of hydrogen-bond acceptors (Lipinski definition) is 2. The third kappa shape index (κ3) is 2.13. The predicted octanol–water partition coefficient (Wildman–Crippen LogP) is 1.28. The summed E-state index contributed by atoms with van der Waals surface area (Å²) in [5, 5.41) is 2.86. The van der Waals surface area contributed by atoms with Crippen LogP contribution in [0.1, 0.15) is 16.8 Å². The first kappa shape index (κ1) is 9.68. The molecule has 2 unspecified atom stereocenters. The molecule has 2 rings (SSSR count). The van der Waals surface area contributed by atoms with Gasteiger partial charge in [0.2, 0.25) is 0 Å². The summed E-state index contributed by atoms with van der Waals surface area (Å²) >= 11 is 3.32. The molecule has 0 radical (unpaired) electrons. The summed E-state index contributed by atoms with van der Waals surface area (Å²) < 4.78 is 0.908. The van der Waals surface area contributed by atoms with E-state index in [4.69, 9.17) is 5.73 Å². The standard InChI is InChI=1S/C10H11BrN2O/c11-7-3-1-2-6(4-7)10(14)13-9-5-8(9)12/h1-4,8-9H,5,12H2,(H,13,14). The fourth-order valence-electron chi connectivity index (χ4n) is 1.26. The molecular weight excluding hydrogens is 244 g/mol. The summed E-state index contributed by atoms with van der Waals surface area (Å²) in [5.41, 5.74) is 6.26. The van der Waals surface area contributed by atoms with Crippen molar-refractivity contribution in [1.29, 1.82) is 0 Å². The first-order valence-electron chi connectivity index (χ1n) is 4.49. The number of hydrogen-bond donors (Lipinski definition) is 2. The van der Waals surface area contributed by atoms with Gasteiger partial charge in [0, 0.05) is 22.1 Å². The molecule has 14 heavy (non-hydrogen) atoms. The molecule has 0 saturated heterocycles. The Balaban J connectivity index is 2.03. The van der Waals surface area contributed by atoms with Crippen molar-refractivity contribution in [3.63, 3.8) is 0 Å². The van der Waals surface area contributed by atoms with Gasteiger partial charge in [0.05, 0.1) is 0 Å². The molecule has 1 aliphatic rings. The largest absolute Gasteiger partial charge is 0.348 e. The molecule has 3 nitrogen and oxygen atoms in total. The second kappa shape index (κ2) is 3.71. The summed E-state index contributed by atoms with van der Waals surface area (Å²) in [6, 6.07) is 7.62. The van der Waals surface area contributed by atoms with Gasteiger partial charge >= 0.3 is 0 Å². The van der Waals surface area contributed by atoms with E-state index in [9.17, 15) is 4.79 Å². The van der Waals surface area contributed by atoms with Gasteiger partial charge in [-0.3, -0.25) is 4.79 Å². The van der Waals surface area contributed by atoms with Crippen LogP contribution in [-0.4, -0.2) is 18.0 Å². The quantitative estimate of drug-likeness (QED) is 0.836. The van der Waals surface area contributed by atoms with Gasteiger partial charge in [-0.2, -0.15) is 0 Å². The maximum absolute atomic E-state index is 11.6. The molecule has 2 atom stereocenters. The van der Waals surface area contributed by atoms with Gasteiger partial charge in [0.15, 0.2) is 0 Å². The van der Waals surface area contributed by atoms with Crippen LogP contribution in [0, 0.1) is 0 Å². The lowest BCUT2D eigenvalue weighted by molar-refractivity contribution is 0.0950. The molecule has 1 aromatic rings. The predicted molar refractivity (Wildman–Crippen MR) is 58.0 cm³/mol. The van der Waals surface area contributed by atoms with Gasteiger partial charge in [-0.1, -0.05) is 22.0 Å². The summed E-state index contributed by atoms with van der Waals surface area (Å²) in [5.74, 6) is -0.0516. The Labute approximate surface area is 90.8 Å². The number of benzene rings is 1. The van der Waals surface area contributed by atoms with Crippen LogP contribution in [-0.2, 0) is 0 Å². The summed E-state index contributed by atoms with van der Waals surface area (Å²) in [6.45, 7) is 0. The van der Waals surface area contributed by atoms with Crippen molar-refractivity contribution in [3.8, 4) is 0 Å². The molecular formula is C10H11BrN2O. The Hall–Kier alpha value is -0.870. The topological polar surface area (TPSA) is 55.1 Å². The molecule has 1 saturated carbocycles. The Kier molecular flexibility index (Phi) is 2.56. The van der Waals surface area contributed by atoms with E-state index in [1.165, 1.54) is 0 Å². The average Bonchev–Trinajstić information content (AvgIpc) is 2.81. The highest BCUT2D eigenvalue weighted by molar-refractivity contribution is 9.10. The van der Waals surface area contributed by atoms with E-state index in [1.54, 1.807) is 12.1 Å². The third-order valence-electron chi connectivity index (χ3n) is 2.24. The van der Waals surface area contributed by atoms with E-state index < -0.39 is 0 Å². The molecule has 1 amide bonds. The zero-order valence-corrected chi connectivity index (χ0v) is 9.12. The van der Waals surface area contributed by atoms with Crippen LogP contribution in [0.15, 0.2) is 28.7 Å². The van der Waals surface area contributed by atoms with Gasteiger partial charge in [-0.25, -0.2) is 0 Å². The maximum Gasteiger partial charge on any atom is 0.251 e. The molecule has 0 bridgehead atoms. The van der Waals surface area contributed by atoms with Crippen molar-refractivity contribution in [1.82, 2.24) is 5.32 Å². The second-order valence-corrected chi connectivity index (χ2v) is 4.41. The molecule has 1 aromatic carbocycles. The number of amides is 1. The normalized spacial score (nSPS) is 24.4. The monoisotopic (exact) mass is 254 g/mol. The minimum Gasteiger partial charge on any atom is -0.348 e. The number of halogens is 1. The van der Waals surface area contributed by atoms with Gasteiger partial charge in [0.1, 0.15) is 0 Å². The first-order valence-corrected chi connectivity index (χ1v) is 5.28. The highest BCUT2D eigenvalue weighted by Crippen LogP contribution is 2.19. The molecule has 0 spiro atoms. The van der Waals surface area contributed by atoms with E-state index >= 15 is 0 Å². The van der Waals surface area contributed by atoms with Gasteiger partial charge in [-0.05, 0) is 24.6 Å². The average molecular weight is 255 g/mol. The Bertz CT molecular complexity index is 367. The zero-order chi connectivity index (χ0) is 10.1. The Morgan fingerprint density at radius 1 is 1.57 bits per heavy atom. The van der Waals surface area contributed by atoms with Gasteiger partial charge in [0.25, 0.3) is 5.91 Å². The first-order chi connectivity index (χ1) is 6.66. The maximum atomic E-state index is 11.6. The fraction of sp³-hybridized carbons (Fsp3) is 0.300. The van der Waals surface area contributed by atoms with E-state index in [1.807, 2.05) is 12.1 Å². The highest BCUT2D eigenvalue weighted by atomic mass is 79.9. The number of carbonyl (C=O) groups excluding carboxylic acids is 1. The summed E-state index contributed by atoms with van der Waals surface area (Å²) in [4.78, 5) is 11.6. The Morgan fingerprint density at radius 2 is 2.29 bits per heavy atom. The van der Waals surface area contributed by atoms with E-state index in [0.717, 1.165) is 10.9 Å². The van der Waals surface area contributed by atoms with Crippen LogP contribution >= 0.6 is 15.9 Å². The van der Waals surface area contributed by atoms with Crippen molar-refractivity contribution in [2.75, 3.05) is 0 Å². The van der Waals surface area contributed by atoms with E-state index in [2.05, 4.69) is 21.2 Å². The molecule has 0 aromatic heterocycles. The molecule has 74 valence electrons. The van der Waals surface area contributed by atoms with Crippen molar-refractivity contribution in [2.45, 2.75) is 18.5 Å². The van der Waals surface area contributed by atoms with Crippen LogP contribution < -0.4 is 11.1 Å². The van der Waals surface area contributed by atoms with Crippen LogP contribution in [0.4, 0.5) is 0 Å². The third-order valence-corrected chi connectivity index (χ3v) is 2.74. The minimum atomic E-state index is -0.0516. The highest BCUT2D eigenvalue weighted by Gasteiger charge is 2.34. The van der Waals surface area contributed by atoms with Crippen LogP contribution in [0.5, 0.6) is 0 Å². The van der Waals surface area contributed by atoms with Crippen molar-refractivity contribution < 1.29 is 4.79 Å². The molecule has 4 heteroatoms. The molecule has 1 fully saturated rings. The second-order valence-electron chi connectivity index (χ2n) is 3.49. The van der Waals surface area contributed by atoms with E-state index in [-0.39, 0.29) is 18.0 Å². The summed E-state index contributed by atoms with van der Waals surface area (Å²) in [6.07, 6.45) is 0.889. The molecule has 1 aliphatic carbocycles. The lowest BCUT2D eigenvalue weighted by atomic mass is 10.2. The van der Waals surface area contributed by atoms with E-state index in [0.29, 0.717) is 5.56 Å². The minimum absolute atomic E-state index is 0.0516. The number of rotatable bonds is 2. The molecule has 3 N–H and O–H groups in total. The van der Waals surface area contributed by atoms with Crippen molar-refractivity contribution >= 4 is 21.8 Å². The molecule has 0 aliphatic heterocycles. The number of nitrogens with one attached hydrogen (secondary N) is 1.